The summed E-state index contributed by atoms with van der Waals surface area (Å²) in [4.78, 5) is 13.7. The van der Waals surface area contributed by atoms with Crippen LogP contribution in [-0.2, 0) is 11.3 Å². The van der Waals surface area contributed by atoms with Gasteiger partial charge in [-0.2, -0.15) is 0 Å². The highest BCUT2D eigenvalue weighted by Crippen LogP contribution is 2.12. The van der Waals surface area contributed by atoms with Gasteiger partial charge in [-0.25, -0.2) is 0 Å². The minimum absolute atomic E-state index is 0.00790. The van der Waals surface area contributed by atoms with Gasteiger partial charge in [-0.05, 0) is 31.0 Å². The molecule has 0 bridgehead atoms. The Bertz CT molecular complexity index is 419. The molecule has 0 aliphatic carbocycles. The Kier molecular flexibility index (Phi) is 5.43. The molecule has 0 spiro atoms. The summed E-state index contributed by atoms with van der Waals surface area (Å²) in [7, 11) is 4.02. The fraction of sp³-hybridized carbons (Fsp3) is 0.400. The first kappa shape index (κ1) is 14.3. The van der Waals surface area contributed by atoms with Gasteiger partial charge >= 0.3 is 0 Å². The van der Waals surface area contributed by atoms with Crippen LogP contribution in [0.1, 0.15) is 25.8 Å². The van der Waals surface area contributed by atoms with Gasteiger partial charge in [0.2, 0.25) is 5.91 Å². The highest BCUT2D eigenvalue weighted by atomic mass is 16.1. The van der Waals surface area contributed by atoms with Gasteiger partial charge in [-0.1, -0.05) is 25.1 Å². The second kappa shape index (κ2) is 6.84. The van der Waals surface area contributed by atoms with Crippen LogP contribution in [0.25, 0.3) is 0 Å². The number of nitrogens with one attached hydrogen (secondary N) is 1. The van der Waals surface area contributed by atoms with Crippen molar-refractivity contribution >= 4 is 11.6 Å². The molecule has 0 aliphatic heterocycles. The van der Waals surface area contributed by atoms with E-state index in [4.69, 9.17) is 0 Å². The van der Waals surface area contributed by atoms with Crippen LogP contribution in [0.4, 0.5) is 5.69 Å². The third-order valence-corrected chi connectivity index (χ3v) is 2.77. The topological polar surface area (TPSA) is 32.3 Å². The normalized spacial score (nSPS) is 11.2. The minimum Gasteiger partial charge on any atom is -0.378 e. The SMILES string of the molecule is CC/C=C(\C)C(=O)NCc1ccc(N(C)C)cc1. The quantitative estimate of drug-likeness (QED) is 0.810. The van der Waals surface area contributed by atoms with Gasteiger partial charge in [-0.15, -0.1) is 0 Å². The second-order valence-corrected chi connectivity index (χ2v) is 4.54. The molecule has 0 saturated heterocycles. The Morgan fingerprint density at radius 2 is 1.89 bits per heavy atom. The lowest BCUT2D eigenvalue weighted by atomic mass is 10.2. The number of amides is 1. The third kappa shape index (κ3) is 4.24. The van der Waals surface area contributed by atoms with E-state index in [0.717, 1.165) is 23.2 Å². The molecule has 98 valence electrons. The van der Waals surface area contributed by atoms with Crippen LogP contribution in [-0.4, -0.2) is 20.0 Å². The first-order chi connectivity index (χ1) is 8.54. The summed E-state index contributed by atoms with van der Waals surface area (Å²) in [5.41, 5.74) is 3.05. The highest BCUT2D eigenvalue weighted by molar-refractivity contribution is 5.92. The number of nitrogens with zero attached hydrogens (tertiary/aromatic N) is 1. The molecule has 1 rings (SSSR count). The smallest absolute Gasteiger partial charge is 0.246 e. The molecule has 1 amide bonds. The number of carbonyl (C=O) groups excluding carboxylic acids is 1. The summed E-state index contributed by atoms with van der Waals surface area (Å²) in [5.74, 6) is 0.00790. The number of rotatable bonds is 5. The standard InChI is InChI=1S/C15H22N2O/c1-5-6-12(2)15(18)16-11-13-7-9-14(10-8-13)17(3)4/h6-10H,5,11H2,1-4H3,(H,16,18)/b12-6+. The molecule has 0 heterocycles. The summed E-state index contributed by atoms with van der Waals surface area (Å²) in [6, 6.07) is 8.18. The minimum atomic E-state index is 0.00790. The molecule has 0 aliphatic rings. The molecule has 0 atom stereocenters. The van der Waals surface area contributed by atoms with E-state index < -0.39 is 0 Å². The molecule has 1 N–H and O–H groups in total. The third-order valence-electron chi connectivity index (χ3n) is 2.77. The predicted octanol–water partition coefficient (Wildman–Crippen LogP) is 2.73. The van der Waals surface area contributed by atoms with E-state index in [1.165, 1.54) is 0 Å². The van der Waals surface area contributed by atoms with Gasteiger partial charge in [-0.3, -0.25) is 4.79 Å². The van der Waals surface area contributed by atoms with Gasteiger partial charge in [0.15, 0.2) is 0 Å². The molecular formula is C15H22N2O. The zero-order valence-electron chi connectivity index (χ0n) is 11.7. The zero-order valence-corrected chi connectivity index (χ0v) is 11.7. The maximum Gasteiger partial charge on any atom is 0.246 e. The molecule has 1 aromatic carbocycles. The fourth-order valence-corrected chi connectivity index (χ4v) is 1.63. The lowest BCUT2D eigenvalue weighted by Crippen LogP contribution is -2.23. The van der Waals surface area contributed by atoms with Crippen molar-refractivity contribution < 1.29 is 4.79 Å². The maximum atomic E-state index is 11.7. The van der Waals surface area contributed by atoms with Crippen LogP contribution in [0.5, 0.6) is 0 Å². The number of benzene rings is 1. The van der Waals surface area contributed by atoms with Crippen molar-refractivity contribution in [2.45, 2.75) is 26.8 Å². The number of hydrogen-bond acceptors (Lipinski definition) is 2. The van der Waals surface area contributed by atoms with E-state index in [0.29, 0.717) is 6.54 Å². The number of anilines is 1. The molecule has 0 unspecified atom stereocenters. The van der Waals surface area contributed by atoms with E-state index in [1.54, 1.807) is 0 Å². The number of carbonyl (C=O) groups is 1. The predicted molar refractivity (Wildman–Crippen MR) is 76.7 cm³/mol. The van der Waals surface area contributed by atoms with Gasteiger partial charge in [0, 0.05) is 31.9 Å². The van der Waals surface area contributed by atoms with E-state index in [2.05, 4.69) is 22.3 Å². The van der Waals surface area contributed by atoms with Crippen LogP contribution >= 0.6 is 0 Å². The van der Waals surface area contributed by atoms with Crippen molar-refractivity contribution in [1.82, 2.24) is 5.32 Å². The molecule has 3 heteroatoms. The van der Waals surface area contributed by atoms with Crippen molar-refractivity contribution in [1.29, 1.82) is 0 Å². The second-order valence-electron chi connectivity index (χ2n) is 4.54. The van der Waals surface area contributed by atoms with Crippen LogP contribution in [0.2, 0.25) is 0 Å². The summed E-state index contributed by atoms with van der Waals surface area (Å²) >= 11 is 0. The Hall–Kier alpha value is -1.77. The number of hydrogen-bond donors (Lipinski definition) is 1. The van der Waals surface area contributed by atoms with E-state index >= 15 is 0 Å². The first-order valence-corrected chi connectivity index (χ1v) is 6.25. The molecule has 0 radical (unpaired) electrons. The maximum absolute atomic E-state index is 11.7. The van der Waals surface area contributed by atoms with Crippen LogP contribution in [0, 0.1) is 0 Å². The van der Waals surface area contributed by atoms with Crippen LogP contribution in [0.15, 0.2) is 35.9 Å². The average molecular weight is 246 g/mol. The van der Waals surface area contributed by atoms with Gasteiger partial charge in [0.1, 0.15) is 0 Å². The van der Waals surface area contributed by atoms with Gasteiger partial charge < -0.3 is 10.2 Å². The van der Waals surface area contributed by atoms with Crippen molar-refractivity contribution in [3.8, 4) is 0 Å². The Balaban J connectivity index is 2.54. The molecule has 0 fully saturated rings. The monoisotopic (exact) mass is 246 g/mol. The van der Waals surface area contributed by atoms with Crippen molar-refractivity contribution in [3.05, 3.63) is 41.5 Å². The largest absolute Gasteiger partial charge is 0.378 e. The molecule has 3 nitrogen and oxygen atoms in total. The van der Waals surface area contributed by atoms with E-state index in [9.17, 15) is 4.79 Å². The molecule has 0 saturated carbocycles. The molecule has 18 heavy (non-hydrogen) atoms. The highest BCUT2D eigenvalue weighted by Gasteiger charge is 2.03. The van der Waals surface area contributed by atoms with Gasteiger partial charge in [0.25, 0.3) is 0 Å². The molecule has 0 aromatic heterocycles. The van der Waals surface area contributed by atoms with E-state index in [1.807, 2.05) is 46.2 Å². The van der Waals surface area contributed by atoms with Crippen LogP contribution < -0.4 is 10.2 Å². The summed E-state index contributed by atoms with van der Waals surface area (Å²) in [6.07, 6.45) is 2.82. The van der Waals surface area contributed by atoms with Crippen molar-refractivity contribution in [2.24, 2.45) is 0 Å². The fourth-order valence-electron chi connectivity index (χ4n) is 1.63. The summed E-state index contributed by atoms with van der Waals surface area (Å²) in [5, 5.41) is 2.91. The number of allylic oxidation sites excluding steroid dienone is 1. The van der Waals surface area contributed by atoms with Crippen LogP contribution in [0.3, 0.4) is 0 Å². The molecule has 1 aromatic rings. The molecular weight excluding hydrogens is 224 g/mol. The van der Waals surface area contributed by atoms with Crippen molar-refractivity contribution in [3.63, 3.8) is 0 Å². The Morgan fingerprint density at radius 1 is 1.28 bits per heavy atom. The first-order valence-electron chi connectivity index (χ1n) is 6.25. The van der Waals surface area contributed by atoms with Gasteiger partial charge in [0.05, 0.1) is 0 Å². The Labute approximate surface area is 109 Å². The summed E-state index contributed by atoms with van der Waals surface area (Å²) < 4.78 is 0. The zero-order chi connectivity index (χ0) is 13.5. The Morgan fingerprint density at radius 3 is 2.39 bits per heavy atom. The lowest BCUT2D eigenvalue weighted by Gasteiger charge is -2.13. The van der Waals surface area contributed by atoms with E-state index in [-0.39, 0.29) is 5.91 Å². The summed E-state index contributed by atoms with van der Waals surface area (Å²) in [6.45, 7) is 4.44. The lowest BCUT2D eigenvalue weighted by molar-refractivity contribution is -0.117. The van der Waals surface area contributed by atoms with Crippen molar-refractivity contribution in [2.75, 3.05) is 19.0 Å². The average Bonchev–Trinajstić information content (AvgIpc) is 2.36.